The zero-order valence-electron chi connectivity index (χ0n) is 10.3. The maximum atomic E-state index is 11.8. The van der Waals surface area contributed by atoms with E-state index in [0.29, 0.717) is 37.6 Å². The van der Waals surface area contributed by atoms with Crippen LogP contribution in [0.3, 0.4) is 0 Å². The van der Waals surface area contributed by atoms with E-state index in [-0.39, 0.29) is 5.92 Å². The minimum atomic E-state index is 0.100. The zero-order valence-corrected chi connectivity index (χ0v) is 10.3. The molecule has 3 atom stereocenters. The molecule has 4 nitrogen and oxygen atoms in total. The Balaban J connectivity index is 1.61. The molecule has 0 spiro atoms. The van der Waals surface area contributed by atoms with Crippen LogP contribution >= 0.6 is 0 Å². The van der Waals surface area contributed by atoms with Gasteiger partial charge in [-0.2, -0.15) is 0 Å². The number of carbonyl (C=O) groups excluding carboxylic acids is 1. The van der Waals surface area contributed by atoms with Crippen molar-refractivity contribution in [3.05, 3.63) is 0 Å². The molecule has 0 aromatic heterocycles. The zero-order chi connectivity index (χ0) is 11.7. The Labute approximate surface area is 102 Å². The van der Waals surface area contributed by atoms with E-state index in [0.717, 1.165) is 19.7 Å². The maximum Gasteiger partial charge on any atom is 0.141 e. The van der Waals surface area contributed by atoms with E-state index in [9.17, 15) is 4.79 Å². The van der Waals surface area contributed by atoms with Crippen LogP contribution in [0.1, 0.15) is 25.7 Å². The molecule has 3 rings (SSSR count). The molecule has 1 saturated carbocycles. The van der Waals surface area contributed by atoms with Gasteiger partial charge in [0.05, 0.1) is 31.8 Å². The Bertz CT molecular complexity index is 294. The highest BCUT2D eigenvalue weighted by Crippen LogP contribution is 2.30. The predicted molar refractivity (Wildman–Crippen MR) is 62.9 cm³/mol. The number of nitrogens with zero attached hydrogens (tertiary/aromatic N) is 1. The predicted octanol–water partition coefficient (Wildman–Crippen LogP) is 0.845. The van der Waals surface area contributed by atoms with Gasteiger partial charge in [0.1, 0.15) is 5.78 Å². The smallest absolute Gasteiger partial charge is 0.141 e. The minimum Gasteiger partial charge on any atom is -0.380 e. The van der Waals surface area contributed by atoms with Crippen molar-refractivity contribution in [1.82, 2.24) is 4.90 Å². The van der Waals surface area contributed by atoms with Crippen LogP contribution < -0.4 is 0 Å². The number of ether oxygens (including phenoxy) is 2. The van der Waals surface area contributed by atoms with Crippen LogP contribution in [0, 0.1) is 5.92 Å². The van der Waals surface area contributed by atoms with Crippen molar-refractivity contribution >= 4 is 5.78 Å². The highest BCUT2D eigenvalue weighted by molar-refractivity contribution is 5.82. The largest absolute Gasteiger partial charge is 0.380 e. The molecule has 17 heavy (non-hydrogen) atoms. The number of fused-ring (bicyclic) bond motifs is 1. The topological polar surface area (TPSA) is 38.8 Å². The fourth-order valence-electron chi connectivity index (χ4n) is 3.37. The van der Waals surface area contributed by atoms with Gasteiger partial charge in [-0.15, -0.1) is 0 Å². The van der Waals surface area contributed by atoms with E-state index in [1.165, 1.54) is 19.3 Å². The quantitative estimate of drug-likeness (QED) is 0.716. The molecular formula is C13H21NO3. The lowest BCUT2D eigenvalue weighted by Crippen LogP contribution is -2.51. The third-order valence-corrected chi connectivity index (χ3v) is 4.32. The summed E-state index contributed by atoms with van der Waals surface area (Å²) < 4.78 is 11.2. The summed E-state index contributed by atoms with van der Waals surface area (Å²) in [4.78, 5) is 14.3. The third-order valence-electron chi connectivity index (χ3n) is 4.32. The monoisotopic (exact) mass is 239 g/mol. The van der Waals surface area contributed by atoms with Crippen LogP contribution in [0.15, 0.2) is 0 Å². The first-order valence-electron chi connectivity index (χ1n) is 6.81. The summed E-state index contributed by atoms with van der Waals surface area (Å²) in [7, 11) is 0. The van der Waals surface area contributed by atoms with Crippen molar-refractivity contribution < 1.29 is 14.3 Å². The van der Waals surface area contributed by atoms with E-state index in [1.54, 1.807) is 0 Å². The second-order valence-electron chi connectivity index (χ2n) is 5.39. The van der Waals surface area contributed by atoms with Crippen LogP contribution in [0.4, 0.5) is 0 Å². The summed E-state index contributed by atoms with van der Waals surface area (Å²) in [5, 5.41) is 0. The molecule has 0 N–H and O–H groups in total. The minimum absolute atomic E-state index is 0.100. The van der Waals surface area contributed by atoms with Crippen molar-refractivity contribution in [2.24, 2.45) is 5.92 Å². The first-order chi connectivity index (χ1) is 8.34. The van der Waals surface area contributed by atoms with E-state index in [1.807, 2.05) is 0 Å². The maximum absolute atomic E-state index is 11.8. The molecule has 96 valence electrons. The number of morpholine rings is 1. The molecule has 2 aliphatic heterocycles. The molecule has 3 fully saturated rings. The molecule has 0 bridgehead atoms. The number of hydrogen-bond donors (Lipinski definition) is 0. The number of rotatable bonds is 2. The van der Waals surface area contributed by atoms with Gasteiger partial charge < -0.3 is 9.47 Å². The SMILES string of the molecule is O=C1CCOCC1CN1CCOC2CCCC21. The molecule has 2 saturated heterocycles. The lowest BCUT2D eigenvalue weighted by Gasteiger charge is -2.39. The van der Waals surface area contributed by atoms with Crippen molar-refractivity contribution in [3.63, 3.8) is 0 Å². The first-order valence-corrected chi connectivity index (χ1v) is 6.81. The fourth-order valence-corrected chi connectivity index (χ4v) is 3.37. The van der Waals surface area contributed by atoms with Gasteiger partial charge in [-0.25, -0.2) is 0 Å². The van der Waals surface area contributed by atoms with E-state index < -0.39 is 0 Å². The highest BCUT2D eigenvalue weighted by Gasteiger charge is 2.38. The average Bonchev–Trinajstić information content (AvgIpc) is 2.81. The van der Waals surface area contributed by atoms with Crippen molar-refractivity contribution in [2.75, 3.05) is 32.9 Å². The lowest BCUT2D eigenvalue weighted by molar-refractivity contribution is -0.133. The van der Waals surface area contributed by atoms with Gasteiger partial charge in [-0.3, -0.25) is 9.69 Å². The van der Waals surface area contributed by atoms with Crippen molar-refractivity contribution in [3.8, 4) is 0 Å². The number of ketones is 1. The van der Waals surface area contributed by atoms with Gasteiger partial charge in [0.2, 0.25) is 0 Å². The molecule has 0 radical (unpaired) electrons. The second-order valence-corrected chi connectivity index (χ2v) is 5.39. The molecule has 2 heterocycles. The van der Waals surface area contributed by atoms with Crippen molar-refractivity contribution in [2.45, 2.75) is 37.8 Å². The molecule has 0 aromatic carbocycles. The Hall–Kier alpha value is -0.450. The van der Waals surface area contributed by atoms with E-state index >= 15 is 0 Å². The summed E-state index contributed by atoms with van der Waals surface area (Å²) in [6.45, 7) is 3.91. The van der Waals surface area contributed by atoms with Gasteiger partial charge >= 0.3 is 0 Å². The average molecular weight is 239 g/mol. The van der Waals surface area contributed by atoms with Crippen LogP contribution in [0.5, 0.6) is 0 Å². The number of carbonyl (C=O) groups is 1. The summed E-state index contributed by atoms with van der Waals surface area (Å²) in [5.41, 5.74) is 0. The van der Waals surface area contributed by atoms with E-state index in [4.69, 9.17) is 9.47 Å². The molecule has 4 heteroatoms. The summed E-state index contributed by atoms with van der Waals surface area (Å²) >= 11 is 0. The fraction of sp³-hybridized carbons (Fsp3) is 0.923. The normalized spacial score (nSPS) is 39.3. The Morgan fingerprint density at radius 1 is 1.29 bits per heavy atom. The molecule has 3 aliphatic rings. The molecular weight excluding hydrogens is 218 g/mol. The third kappa shape index (κ3) is 2.39. The lowest BCUT2D eigenvalue weighted by atomic mass is 9.98. The van der Waals surface area contributed by atoms with E-state index in [2.05, 4.69) is 4.90 Å². The Morgan fingerprint density at radius 3 is 3.12 bits per heavy atom. The number of hydrogen-bond acceptors (Lipinski definition) is 4. The van der Waals surface area contributed by atoms with Crippen LogP contribution in [-0.2, 0) is 14.3 Å². The molecule has 0 aromatic rings. The number of Topliss-reactive ketones (excluding diaryl/α,β-unsaturated/α-hetero) is 1. The second kappa shape index (κ2) is 5.04. The van der Waals surface area contributed by atoms with Crippen molar-refractivity contribution in [1.29, 1.82) is 0 Å². The van der Waals surface area contributed by atoms with Gasteiger partial charge in [-0.1, -0.05) is 0 Å². The van der Waals surface area contributed by atoms with Crippen LogP contribution in [0.2, 0.25) is 0 Å². The standard InChI is InChI=1S/C13H21NO3/c15-12-4-6-16-9-10(12)8-14-5-7-17-13-3-1-2-11(13)14/h10-11,13H,1-9H2. The molecule has 3 unspecified atom stereocenters. The van der Waals surface area contributed by atoms with Gasteiger partial charge in [0.25, 0.3) is 0 Å². The van der Waals surface area contributed by atoms with Gasteiger partial charge in [0, 0.05) is 25.6 Å². The Kier molecular flexibility index (Phi) is 3.45. The van der Waals surface area contributed by atoms with Crippen LogP contribution in [0.25, 0.3) is 0 Å². The highest BCUT2D eigenvalue weighted by atomic mass is 16.5. The summed E-state index contributed by atoms with van der Waals surface area (Å²) in [5.74, 6) is 0.486. The van der Waals surface area contributed by atoms with Gasteiger partial charge in [-0.05, 0) is 19.3 Å². The van der Waals surface area contributed by atoms with Crippen LogP contribution in [-0.4, -0.2) is 55.7 Å². The Morgan fingerprint density at radius 2 is 2.24 bits per heavy atom. The summed E-state index contributed by atoms with van der Waals surface area (Å²) in [6, 6.07) is 0.554. The molecule has 1 aliphatic carbocycles. The van der Waals surface area contributed by atoms with Gasteiger partial charge in [0.15, 0.2) is 0 Å². The molecule has 0 amide bonds. The summed E-state index contributed by atoms with van der Waals surface area (Å²) in [6.07, 6.45) is 4.70. The first kappa shape index (κ1) is 11.6.